The first-order valence-electron chi connectivity index (χ1n) is 3.44. The van der Waals surface area contributed by atoms with Crippen LogP contribution in [0.4, 0.5) is 5.69 Å². The Bertz CT molecular complexity index is 288. The van der Waals surface area contributed by atoms with Crippen LogP contribution in [0.25, 0.3) is 0 Å². The van der Waals surface area contributed by atoms with Crippen LogP contribution in [0.1, 0.15) is 5.56 Å². The van der Waals surface area contributed by atoms with Crippen molar-refractivity contribution in [3.05, 3.63) is 34.1 Å². The molecule has 0 saturated heterocycles. The number of pyridine rings is 1. The summed E-state index contributed by atoms with van der Waals surface area (Å²) in [6.45, 7) is -0.0924. The normalized spacial score (nSPS) is 9.75. The molecule has 1 N–H and O–H groups in total. The van der Waals surface area contributed by atoms with E-state index < -0.39 is 4.92 Å². The summed E-state index contributed by atoms with van der Waals surface area (Å²) in [6, 6.07) is 1.54. The molecule has 0 unspecified atom stereocenters. The standard InChI is InChI=1S/C7H8N2O3/c10-4-2-6-1-3-8-5-7(6)9(11)12/h1,3,5,10H,2,4H2. The minimum absolute atomic E-state index is 0.0356. The second kappa shape index (κ2) is 3.77. The molecule has 0 amide bonds. The van der Waals surface area contributed by atoms with Crippen LogP contribution in [0.3, 0.4) is 0 Å². The number of aliphatic hydroxyl groups excluding tert-OH is 1. The number of aliphatic hydroxyl groups is 1. The third-order valence-electron chi connectivity index (χ3n) is 1.47. The Morgan fingerprint density at radius 1 is 1.67 bits per heavy atom. The van der Waals surface area contributed by atoms with E-state index in [1.165, 1.54) is 18.5 Å². The fourth-order valence-electron chi connectivity index (χ4n) is 0.911. The molecule has 0 aromatic carbocycles. The Balaban J connectivity index is 3.00. The number of rotatable bonds is 3. The van der Waals surface area contributed by atoms with Crippen LogP contribution in [0.2, 0.25) is 0 Å². The number of aromatic nitrogens is 1. The Labute approximate surface area is 68.8 Å². The number of nitrogens with zero attached hydrogens (tertiary/aromatic N) is 2. The van der Waals surface area contributed by atoms with Crippen molar-refractivity contribution >= 4 is 5.69 Å². The zero-order valence-corrected chi connectivity index (χ0v) is 6.30. The molecular weight excluding hydrogens is 160 g/mol. The van der Waals surface area contributed by atoms with Gasteiger partial charge in [-0.15, -0.1) is 0 Å². The smallest absolute Gasteiger partial charge is 0.290 e. The highest BCUT2D eigenvalue weighted by atomic mass is 16.6. The van der Waals surface area contributed by atoms with Gasteiger partial charge in [0.1, 0.15) is 6.20 Å². The van der Waals surface area contributed by atoms with Gasteiger partial charge in [-0.05, 0) is 6.07 Å². The molecule has 1 rings (SSSR count). The molecule has 0 aliphatic heterocycles. The highest BCUT2D eigenvalue weighted by molar-refractivity contribution is 5.36. The average molecular weight is 168 g/mol. The Morgan fingerprint density at radius 2 is 2.42 bits per heavy atom. The molecule has 12 heavy (non-hydrogen) atoms. The van der Waals surface area contributed by atoms with Crippen LogP contribution in [0.5, 0.6) is 0 Å². The maximum Gasteiger partial charge on any atom is 0.290 e. The second-order valence-corrected chi connectivity index (χ2v) is 2.24. The first-order valence-corrected chi connectivity index (χ1v) is 3.44. The van der Waals surface area contributed by atoms with Crippen molar-refractivity contribution in [3.63, 3.8) is 0 Å². The molecular formula is C7H8N2O3. The fraction of sp³-hybridized carbons (Fsp3) is 0.286. The lowest BCUT2D eigenvalue weighted by Crippen LogP contribution is -1.98. The summed E-state index contributed by atoms with van der Waals surface area (Å²) in [5.74, 6) is 0. The predicted molar refractivity (Wildman–Crippen MR) is 41.7 cm³/mol. The SMILES string of the molecule is O=[N+]([O-])c1cnccc1CCO. The van der Waals surface area contributed by atoms with Crippen LogP contribution in [-0.2, 0) is 6.42 Å². The van der Waals surface area contributed by atoms with Crippen LogP contribution in [-0.4, -0.2) is 21.6 Å². The van der Waals surface area contributed by atoms with E-state index in [-0.39, 0.29) is 12.3 Å². The summed E-state index contributed by atoms with van der Waals surface area (Å²) in [5, 5.41) is 19.0. The zero-order valence-electron chi connectivity index (χ0n) is 6.30. The predicted octanol–water partition coefficient (Wildman–Crippen LogP) is 0.525. The third kappa shape index (κ3) is 1.76. The van der Waals surface area contributed by atoms with Crippen molar-refractivity contribution in [2.45, 2.75) is 6.42 Å². The molecule has 1 aromatic rings. The van der Waals surface area contributed by atoms with Crippen LogP contribution >= 0.6 is 0 Å². The molecule has 5 heteroatoms. The number of nitro groups is 1. The molecule has 0 saturated carbocycles. The maximum absolute atomic E-state index is 10.4. The molecule has 0 bridgehead atoms. The zero-order chi connectivity index (χ0) is 8.97. The minimum atomic E-state index is -0.502. The molecule has 0 spiro atoms. The van der Waals surface area contributed by atoms with E-state index >= 15 is 0 Å². The molecule has 1 heterocycles. The first-order chi connectivity index (χ1) is 5.75. The van der Waals surface area contributed by atoms with Crippen molar-refractivity contribution in [2.75, 3.05) is 6.61 Å². The topological polar surface area (TPSA) is 76.3 Å². The summed E-state index contributed by atoms with van der Waals surface area (Å²) in [6.07, 6.45) is 2.95. The van der Waals surface area contributed by atoms with Crippen LogP contribution < -0.4 is 0 Å². The fourth-order valence-corrected chi connectivity index (χ4v) is 0.911. The van der Waals surface area contributed by atoms with Crippen molar-refractivity contribution in [2.24, 2.45) is 0 Å². The quantitative estimate of drug-likeness (QED) is 0.527. The number of hydrogen-bond acceptors (Lipinski definition) is 4. The van der Waals surface area contributed by atoms with Crippen molar-refractivity contribution in [3.8, 4) is 0 Å². The molecule has 0 aliphatic rings. The molecule has 0 aliphatic carbocycles. The summed E-state index contributed by atoms with van der Waals surface area (Å²) in [7, 11) is 0. The Hall–Kier alpha value is -1.49. The van der Waals surface area contributed by atoms with E-state index in [1.54, 1.807) is 0 Å². The van der Waals surface area contributed by atoms with Gasteiger partial charge in [-0.3, -0.25) is 15.1 Å². The van der Waals surface area contributed by atoms with Gasteiger partial charge in [0.05, 0.1) is 4.92 Å². The lowest BCUT2D eigenvalue weighted by molar-refractivity contribution is -0.385. The van der Waals surface area contributed by atoms with Gasteiger partial charge in [-0.1, -0.05) is 0 Å². The summed E-state index contributed by atoms with van der Waals surface area (Å²) < 4.78 is 0. The van der Waals surface area contributed by atoms with Crippen LogP contribution in [0, 0.1) is 10.1 Å². The number of hydrogen-bond donors (Lipinski definition) is 1. The van der Waals surface area contributed by atoms with Gasteiger partial charge in [-0.2, -0.15) is 0 Å². The maximum atomic E-state index is 10.4. The highest BCUT2D eigenvalue weighted by Gasteiger charge is 2.11. The molecule has 5 nitrogen and oxygen atoms in total. The largest absolute Gasteiger partial charge is 0.396 e. The summed E-state index contributed by atoms with van der Waals surface area (Å²) in [5.41, 5.74) is 0.476. The lowest BCUT2D eigenvalue weighted by Gasteiger charge is -1.97. The molecule has 0 atom stereocenters. The van der Waals surface area contributed by atoms with E-state index in [0.29, 0.717) is 12.0 Å². The minimum Gasteiger partial charge on any atom is -0.396 e. The van der Waals surface area contributed by atoms with E-state index in [9.17, 15) is 10.1 Å². The monoisotopic (exact) mass is 168 g/mol. The molecule has 0 radical (unpaired) electrons. The van der Waals surface area contributed by atoms with E-state index in [4.69, 9.17) is 5.11 Å². The molecule has 1 aromatic heterocycles. The average Bonchev–Trinajstić information content (AvgIpc) is 2.05. The van der Waals surface area contributed by atoms with Gasteiger partial charge < -0.3 is 5.11 Å². The summed E-state index contributed by atoms with van der Waals surface area (Å²) >= 11 is 0. The van der Waals surface area contributed by atoms with Gasteiger partial charge in [0.15, 0.2) is 0 Å². The van der Waals surface area contributed by atoms with Crippen molar-refractivity contribution < 1.29 is 10.0 Å². The highest BCUT2D eigenvalue weighted by Crippen LogP contribution is 2.15. The van der Waals surface area contributed by atoms with Gasteiger partial charge in [0.25, 0.3) is 5.69 Å². The van der Waals surface area contributed by atoms with E-state index in [1.807, 2.05) is 0 Å². The Kier molecular flexibility index (Phi) is 2.71. The van der Waals surface area contributed by atoms with E-state index in [2.05, 4.69) is 4.98 Å². The van der Waals surface area contributed by atoms with Gasteiger partial charge in [0.2, 0.25) is 0 Å². The molecule has 64 valence electrons. The first kappa shape index (κ1) is 8.61. The summed E-state index contributed by atoms with van der Waals surface area (Å²) in [4.78, 5) is 13.5. The Morgan fingerprint density at radius 3 is 3.00 bits per heavy atom. The van der Waals surface area contributed by atoms with Crippen LogP contribution in [0.15, 0.2) is 18.5 Å². The molecule has 0 fully saturated rings. The van der Waals surface area contributed by atoms with Crippen molar-refractivity contribution in [1.29, 1.82) is 0 Å². The lowest BCUT2D eigenvalue weighted by atomic mass is 10.2. The van der Waals surface area contributed by atoms with Crippen molar-refractivity contribution in [1.82, 2.24) is 4.98 Å². The van der Waals surface area contributed by atoms with E-state index in [0.717, 1.165) is 0 Å². The third-order valence-corrected chi connectivity index (χ3v) is 1.47. The second-order valence-electron chi connectivity index (χ2n) is 2.24. The van der Waals surface area contributed by atoms with Gasteiger partial charge in [0, 0.05) is 24.8 Å². The van der Waals surface area contributed by atoms with Gasteiger partial charge >= 0.3 is 0 Å². The van der Waals surface area contributed by atoms with Gasteiger partial charge in [-0.25, -0.2) is 0 Å².